The lowest BCUT2D eigenvalue weighted by atomic mass is 9.94. The highest BCUT2D eigenvalue weighted by molar-refractivity contribution is 7.07. The number of aryl methyl sites for hydroxylation is 1. The molecule has 5 rings (SSSR count). The smallest absolute Gasteiger partial charge is 0.338 e. The molecule has 3 aromatic rings. The van der Waals surface area contributed by atoms with Gasteiger partial charge in [0.05, 0.1) is 36.1 Å². The zero-order valence-electron chi connectivity index (χ0n) is 22.9. The van der Waals surface area contributed by atoms with Crippen molar-refractivity contribution >= 4 is 23.4 Å². The van der Waals surface area contributed by atoms with Crippen LogP contribution in [0.25, 0.3) is 6.08 Å². The third kappa shape index (κ3) is 4.98. The summed E-state index contributed by atoms with van der Waals surface area (Å²) in [5.74, 6) is 1.63. The summed E-state index contributed by atoms with van der Waals surface area (Å²) < 4.78 is 35.1. The summed E-state index contributed by atoms with van der Waals surface area (Å²) >= 11 is 1.24. The van der Waals surface area contributed by atoms with Gasteiger partial charge in [-0.3, -0.25) is 9.36 Å². The number of aromatic nitrogens is 1. The molecule has 0 saturated heterocycles. The first-order valence-electron chi connectivity index (χ1n) is 12.8. The van der Waals surface area contributed by atoms with E-state index in [-0.39, 0.29) is 31.1 Å². The number of methoxy groups -OCH3 is 2. The number of para-hydroxylation sites is 1. The Hall–Kier alpha value is -4.09. The molecule has 210 valence electrons. The Bertz CT molecular complexity index is 1670. The molecule has 0 saturated carbocycles. The highest BCUT2D eigenvalue weighted by Gasteiger charge is 2.36. The van der Waals surface area contributed by atoms with E-state index in [0.717, 1.165) is 11.1 Å². The van der Waals surface area contributed by atoms with Crippen LogP contribution in [0.4, 0.5) is 0 Å². The maximum absolute atomic E-state index is 14.1. The van der Waals surface area contributed by atoms with E-state index in [1.165, 1.54) is 23.0 Å². The Balaban J connectivity index is 1.72. The molecule has 0 bridgehead atoms. The monoisotopic (exact) mass is 566 g/mol. The third-order valence-corrected chi connectivity index (χ3v) is 7.61. The zero-order chi connectivity index (χ0) is 28.4. The van der Waals surface area contributed by atoms with Gasteiger partial charge in [-0.2, -0.15) is 0 Å². The van der Waals surface area contributed by atoms with Crippen LogP contribution in [0.3, 0.4) is 0 Å². The number of esters is 1. The van der Waals surface area contributed by atoms with Gasteiger partial charge in [-0.05, 0) is 56.2 Å². The molecule has 11 heteroatoms. The second kappa shape index (κ2) is 11.6. The van der Waals surface area contributed by atoms with E-state index in [1.807, 2.05) is 38.1 Å². The second-order valence-electron chi connectivity index (χ2n) is 9.08. The topological polar surface area (TPSA) is 107 Å². The van der Waals surface area contributed by atoms with Crippen LogP contribution in [-0.4, -0.2) is 51.4 Å². The number of hydrogen-bond donors (Lipinski definition) is 0. The van der Waals surface area contributed by atoms with Crippen molar-refractivity contribution in [2.75, 3.05) is 40.8 Å². The molecule has 40 heavy (non-hydrogen) atoms. The number of thiazole rings is 1. The van der Waals surface area contributed by atoms with Crippen molar-refractivity contribution in [3.63, 3.8) is 0 Å². The van der Waals surface area contributed by atoms with Crippen LogP contribution in [0.1, 0.15) is 36.6 Å². The number of benzene rings is 2. The van der Waals surface area contributed by atoms with Crippen molar-refractivity contribution in [3.05, 3.63) is 78.0 Å². The van der Waals surface area contributed by atoms with Crippen LogP contribution in [0.2, 0.25) is 0 Å². The van der Waals surface area contributed by atoms with E-state index in [2.05, 4.69) is 4.99 Å². The summed E-state index contributed by atoms with van der Waals surface area (Å²) in [4.78, 5) is 32.6. The summed E-state index contributed by atoms with van der Waals surface area (Å²) in [7, 11) is 3.07. The molecular formula is C29H30N2O8S. The van der Waals surface area contributed by atoms with Gasteiger partial charge in [0.1, 0.15) is 12.6 Å². The lowest BCUT2D eigenvalue weighted by Crippen LogP contribution is -2.40. The average Bonchev–Trinajstić information content (AvgIpc) is 3.51. The Kier molecular flexibility index (Phi) is 7.95. The molecule has 0 fully saturated rings. The van der Waals surface area contributed by atoms with E-state index in [1.54, 1.807) is 26.2 Å². The van der Waals surface area contributed by atoms with Crippen LogP contribution in [0, 0.1) is 6.92 Å². The van der Waals surface area contributed by atoms with E-state index >= 15 is 0 Å². The Morgan fingerprint density at radius 3 is 2.67 bits per heavy atom. The molecule has 0 radical (unpaired) electrons. The number of carbonyl (C=O) groups excluding carboxylic acids is 1. The number of carbonyl (C=O) groups is 1. The van der Waals surface area contributed by atoms with Gasteiger partial charge < -0.3 is 28.4 Å². The normalized spacial score (nSPS) is 16.0. The van der Waals surface area contributed by atoms with Gasteiger partial charge in [-0.1, -0.05) is 23.5 Å². The van der Waals surface area contributed by atoms with Crippen LogP contribution in [0.5, 0.6) is 23.0 Å². The minimum Gasteiger partial charge on any atom is -0.493 e. The molecule has 2 aliphatic heterocycles. The first kappa shape index (κ1) is 27.5. The second-order valence-corrected chi connectivity index (χ2v) is 10.1. The van der Waals surface area contributed by atoms with E-state index in [4.69, 9.17) is 28.4 Å². The predicted octanol–water partition coefficient (Wildman–Crippen LogP) is 2.87. The molecule has 0 aliphatic carbocycles. The number of nitrogens with zero attached hydrogens (tertiary/aromatic N) is 2. The molecule has 1 atom stereocenters. The summed E-state index contributed by atoms with van der Waals surface area (Å²) in [6.07, 6.45) is 1.81. The van der Waals surface area contributed by atoms with Crippen molar-refractivity contribution in [3.8, 4) is 23.0 Å². The van der Waals surface area contributed by atoms with E-state index < -0.39 is 12.0 Å². The van der Waals surface area contributed by atoms with Crippen molar-refractivity contribution in [1.82, 2.24) is 4.57 Å². The lowest BCUT2D eigenvalue weighted by Gasteiger charge is -2.27. The van der Waals surface area contributed by atoms with Gasteiger partial charge >= 0.3 is 5.97 Å². The van der Waals surface area contributed by atoms with E-state index in [9.17, 15) is 9.59 Å². The van der Waals surface area contributed by atoms with E-state index in [0.29, 0.717) is 50.2 Å². The van der Waals surface area contributed by atoms with Crippen LogP contribution in [0.15, 0.2) is 51.4 Å². The maximum atomic E-state index is 14.1. The van der Waals surface area contributed by atoms with Gasteiger partial charge in [0.25, 0.3) is 5.56 Å². The van der Waals surface area contributed by atoms with Gasteiger partial charge in [-0.25, -0.2) is 9.79 Å². The molecule has 10 nitrogen and oxygen atoms in total. The fourth-order valence-corrected chi connectivity index (χ4v) is 5.77. The largest absolute Gasteiger partial charge is 0.493 e. The first-order valence-corrected chi connectivity index (χ1v) is 13.6. The Morgan fingerprint density at radius 2 is 1.95 bits per heavy atom. The number of rotatable bonds is 9. The van der Waals surface area contributed by atoms with Gasteiger partial charge in [0, 0.05) is 12.7 Å². The summed E-state index contributed by atoms with van der Waals surface area (Å²) in [6, 6.07) is 8.27. The minimum atomic E-state index is -0.858. The first-order chi connectivity index (χ1) is 19.4. The maximum Gasteiger partial charge on any atom is 0.338 e. The quantitative estimate of drug-likeness (QED) is 0.288. The third-order valence-electron chi connectivity index (χ3n) is 6.62. The minimum absolute atomic E-state index is 0.0586. The number of allylic oxidation sites excluding steroid dienone is 1. The molecule has 1 aromatic heterocycles. The Labute approximate surface area is 234 Å². The fourth-order valence-electron chi connectivity index (χ4n) is 4.74. The summed E-state index contributed by atoms with van der Waals surface area (Å²) in [5.41, 5.74) is 2.72. The van der Waals surface area contributed by atoms with Crippen molar-refractivity contribution < 1.29 is 33.2 Å². The molecule has 2 aromatic carbocycles. The fraction of sp³-hybridized carbons (Fsp3) is 0.345. The molecule has 0 unspecified atom stereocenters. The van der Waals surface area contributed by atoms with Gasteiger partial charge in [0.2, 0.25) is 6.79 Å². The highest BCUT2D eigenvalue weighted by atomic mass is 32.1. The number of hydrogen-bond acceptors (Lipinski definition) is 10. The average molecular weight is 567 g/mol. The number of ether oxygens (including phenoxy) is 6. The van der Waals surface area contributed by atoms with Crippen LogP contribution >= 0.6 is 11.3 Å². The molecule has 2 aliphatic rings. The molecular weight excluding hydrogens is 536 g/mol. The van der Waals surface area contributed by atoms with Gasteiger partial charge in [0.15, 0.2) is 27.8 Å². The molecule has 0 N–H and O–H groups in total. The summed E-state index contributed by atoms with van der Waals surface area (Å²) in [6.45, 7) is 6.34. The summed E-state index contributed by atoms with van der Waals surface area (Å²) in [5, 5.41) is 0. The van der Waals surface area contributed by atoms with Gasteiger partial charge in [-0.15, -0.1) is 0 Å². The predicted molar refractivity (Wildman–Crippen MR) is 148 cm³/mol. The zero-order valence-corrected chi connectivity index (χ0v) is 23.8. The lowest BCUT2D eigenvalue weighted by molar-refractivity contribution is -0.140. The highest BCUT2D eigenvalue weighted by Crippen LogP contribution is 2.41. The molecule has 3 heterocycles. The molecule has 0 spiro atoms. The SMILES string of the molecule is CCOc1c(OC)cccc1[C@@H]1C(C(=O)OCCOC)=C(C)N=c2s/c(=C/c3cc4c(cc3C)OCO4)c(=O)n21. The number of fused-ring (bicyclic) bond motifs is 2. The van der Waals surface area contributed by atoms with Crippen molar-refractivity contribution in [1.29, 1.82) is 0 Å². The van der Waals surface area contributed by atoms with Crippen LogP contribution < -0.4 is 33.8 Å². The molecule has 0 amide bonds. The van der Waals surface area contributed by atoms with Crippen LogP contribution in [-0.2, 0) is 14.3 Å². The van der Waals surface area contributed by atoms with Crippen molar-refractivity contribution in [2.24, 2.45) is 4.99 Å². The van der Waals surface area contributed by atoms with Crippen molar-refractivity contribution in [2.45, 2.75) is 26.8 Å². The standard InChI is InChI=1S/C29H30N2O8S/c1-6-36-26-19(8-7-9-20(26)35-5)25-24(28(33)37-11-10-34-4)17(3)30-29-31(25)27(32)23(40-29)14-18-13-22-21(12-16(18)2)38-15-39-22/h7-9,12-14,25H,6,10-11,15H2,1-5H3/b23-14+/t25-/m1/s1. The Morgan fingerprint density at radius 1 is 1.18 bits per heavy atom.